The Morgan fingerprint density at radius 1 is 1.08 bits per heavy atom. The zero-order valence-electron chi connectivity index (χ0n) is 13.4. The Balaban J connectivity index is 2.43. The van der Waals surface area contributed by atoms with Crippen molar-refractivity contribution in [2.24, 2.45) is 0 Å². The largest absolute Gasteiger partial charge is 0.494 e. The van der Waals surface area contributed by atoms with Gasteiger partial charge in [0, 0.05) is 0 Å². The molecular weight excluding hydrogens is 350 g/mol. The van der Waals surface area contributed by atoms with Crippen molar-refractivity contribution in [3.8, 4) is 5.75 Å². The minimum absolute atomic E-state index is 0.0971. The maximum Gasteiger partial charge on any atom is 0.264 e. The molecule has 0 fully saturated rings. The summed E-state index contributed by atoms with van der Waals surface area (Å²) < 4.78 is 32.1. The lowest BCUT2D eigenvalue weighted by Gasteiger charge is -2.23. The number of carbonyl (C=O) groups excluding carboxylic acids is 1. The molecule has 0 heterocycles. The van der Waals surface area contributed by atoms with E-state index in [2.05, 4.69) is 0 Å². The lowest BCUT2D eigenvalue weighted by Crippen LogP contribution is -2.34. The van der Waals surface area contributed by atoms with Crippen LogP contribution in [0.4, 0.5) is 5.69 Å². The van der Waals surface area contributed by atoms with Gasteiger partial charge in [-0.3, -0.25) is 9.10 Å². The molecule has 2 aromatic carbocycles. The van der Waals surface area contributed by atoms with E-state index in [1.54, 1.807) is 36.4 Å². The molecule has 0 unspecified atom stereocenters. The zero-order chi connectivity index (χ0) is 17.7. The van der Waals surface area contributed by atoms with Crippen LogP contribution in [0, 0.1) is 6.92 Å². The summed E-state index contributed by atoms with van der Waals surface area (Å²) in [5.41, 5.74) is 1.28. The number of hydrogen-bond acceptors (Lipinski definition) is 4. The fraction of sp³-hybridized carbons (Fsp3) is 0.235. The van der Waals surface area contributed by atoms with Crippen LogP contribution in [0.5, 0.6) is 5.75 Å². The van der Waals surface area contributed by atoms with Gasteiger partial charge in [-0.05, 0) is 61.8 Å². The predicted octanol–water partition coefficient (Wildman–Crippen LogP) is 3.35. The summed E-state index contributed by atoms with van der Waals surface area (Å²) in [7, 11) is -3.90. The molecule has 5 nitrogen and oxygen atoms in total. The van der Waals surface area contributed by atoms with Gasteiger partial charge in [-0.25, -0.2) is 8.42 Å². The summed E-state index contributed by atoms with van der Waals surface area (Å²) in [6.45, 7) is 3.77. The van der Waals surface area contributed by atoms with E-state index in [0.29, 0.717) is 18.0 Å². The van der Waals surface area contributed by atoms with Crippen molar-refractivity contribution in [3.05, 3.63) is 54.1 Å². The number of aryl methyl sites for hydroxylation is 1. The van der Waals surface area contributed by atoms with Gasteiger partial charge in [0.1, 0.15) is 12.3 Å². The number of nitrogens with zero attached hydrogens (tertiary/aromatic N) is 1. The smallest absolute Gasteiger partial charge is 0.264 e. The van der Waals surface area contributed by atoms with E-state index in [-0.39, 0.29) is 4.90 Å². The van der Waals surface area contributed by atoms with E-state index in [0.717, 1.165) is 9.87 Å². The molecule has 0 saturated heterocycles. The van der Waals surface area contributed by atoms with Crippen molar-refractivity contribution in [1.82, 2.24) is 0 Å². The second kappa shape index (κ2) is 7.68. The molecule has 0 bridgehead atoms. The van der Waals surface area contributed by atoms with Gasteiger partial charge in [-0.2, -0.15) is 0 Å². The van der Waals surface area contributed by atoms with Gasteiger partial charge >= 0.3 is 0 Å². The molecule has 0 aliphatic rings. The molecule has 0 aliphatic heterocycles. The average molecular weight is 368 g/mol. The summed E-state index contributed by atoms with van der Waals surface area (Å²) in [6, 6.07) is 12.9. The molecule has 0 radical (unpaired) electrons. The number of carbonyl (C=O) groups is 1. The number of anilines is 1. The normalized spacial score (nSPS) is 11.1. The van der Waals surface area contributed by atoms with Crippen molar-refractivity contribution >= 4 is 32.6 Å². The highest BCUT2D eigenvalue weighted by molar-refractivity contribution is 7.92. The van der Waals surface area contributed by atoms with Gasteiger partial charge in [-0.15, -0.1) is 0 Å². The Morgan fingerprint density at radius 2 is 1.67 bits per heavy atom. The second-order valence-electron chi connectivity index (χ2n) is 5.11. The quantitative estimate of drug-likeness (QED) is 0.704. The third-order valence-corrected chi connectivity index (χ3v) is 5.22. The fourth-order valence-electron chi connectivity index (χ4n) is 2.14. The molecular formula is C17H18ClNO4S. The Bertz CT molecular complexity index is 801. The SMILES string of the molecule is CCOc1ccc(N(CC(=O)Cl)S(=O)(=O)c2ccc(C)cc2)cc1. The Morgan fingerprint density at radius 3 is 2.17 bits per heavy atom. The maximum atomic E-state index is 12.9. The van der Waals surface area contributed by atoms with Crippen LogP contribution in [0.1, 0.15) is 12.5 Å². The molecule has 0 spiro atoms. The molecule has 0 saturated carbocycles. The number of benzene rings is 2. The molecule has 0 aromatic heterocycles. The molecule has 0 atom stereocenters. The monoisotopic (exact) mass is 367 g/mol. The molecule has 2 rings (SSSR count). The highest BCUT2D eigenvalue weighted by atomic mass is 35.5. The topological polar surface area (TPSA) is 63.7 Å². The summed E-state index contributed by atoms with van der Waals surface area (Å²) in [6.07, 6.45) is 0. The molecule has 2 aromatic rings. The summed E-state index contributed by atoms with van der Waals surface area (Å²) in [5, 5.41) is -0.764. The Labute approximate surface area is 146 Å². The predicted molar refractivity (Wildman–Crippen MR) is 94.2 cm³/mol. The maximum absolute atomic E-state index is 12.9. The number of rotatable bonds is 7. The first-order chi connectivity index (χ1) is 11.3. The second-order valence-corrected chi connectivity index (χ2v) is 7.39. The standard InChI is InChI=1S/C17H18ClNO4S/c1-3-23-15-8-6-14(7-9-15)19(12-17(18)20)24(21,22)16-10-4-13(2)5-11-16/h4-11H,3,12H2,1-2H3. The van der Waals surface area contributed by atoms with E-state index in [1.807, 2.05) is 13.8 Å². The minimum Gasteiger partial charge on any atom is -0.494 e. The number of sulfonamides is 1. The summed E-state index contributed by atoms with van der Waals surface area (Å²) in [4.78, 5) is 11.5. The van der Waals surface area contributed by atoms with Gasteiger partial charge < -0.3 is 4.74 Å². The molecule has 0 amide bonds. The van der Waals surface area contributed by atoms with Gasteiger partial charge in [0.2, 0.25) is 5.24 Å². The third-order valence-electron chi connectivity index (χ3n) is 3.31. The van der Waals surface area contributed by atoms with Crippen molar-refractivity contribution in [3.63, 3.8) is 0 Å². The van der Waals surface area contributed by atoms with E-state index < -0.39 is 21.8 Å². The van der Waals surface area contributed by atoms with Gasteiger partial charge in [-0.1, -0.05) is 17.7 Å². The van der Waals surface area contributed by atoms with Crippen LogP contribution >= 0.6 is 11.6 Å². The fourth-order valence-corrected chi connectivity index (χ4v) is 3.75. The highest BCUT2D eigenvalue weighted by Gasteiger charge is 2.26. The Kier molecular flexibility index (Phi) is 5.85. The van der Waals surface area contributed by atoms with Gasteiger partial charge in [0.05, 0.1) is 17.2 Å². The molecule has 0 aliphatic carbocycles. The van der Waals surface area contributed by atoms with Crippen molar-refractivity contribution in [2.45, 2.75) is 18.7 Å². The number of hydrogen-bond donors (Lipinski definition) is 0. The third kappa shape index (κ3) is 4.27. The van der Waals surface area contributed by atoms with Crippen molar-refractivity contribution in [2.75, 3.05) is 17.5 Å². The lowest BCUT2D eigenvalue weighted by atomic mass is 10.2. The zero-order valence-corrected chi connectivity index (χ0v) is 15.0. The minimum atomic E-state index is -3.90. The summed E-state index contributed by atoms with van der Waals surface area (Å²) in [5.74, 6) is 0.617. The van der Waals surface area contributed by atoms with Crippen LogP contribution in [0.25, 0.3) is 0 Å². The summed E-state index contributed by atoms with van der Waals surface area (Å²) >= 11 is 5.45. The average Bonchev–Trinajstić information content (AvgIpc) is 2.54. The van der Waals surface area contributed by atoms with Crippen LogP contribution in [0.15, 0.2) is 53.4 Å². The molecule has 0 N–H and O–H groups in total. The van der Waals surface area contributed by atoms with Crippen LogP contribution in [0.3, 0.4) is 0 Å². The first-order valence-electron chi connectivity index (χ1n) is 7.35. The lowest BCUT2D eigenvalue weighted by molar-refractivity contribution is -0.110. The molecule has 24 heavy (non-hydrogen) atoms. The van der Waals surface area contributed by atoms with Crippen LogP contribution < -0.4 is 9.04 Å². The first-order valence-corrected chi connectivity index (χ1v) is 9.17. The van der Waals surface area contributed by atoms with Crippen LogP contribution in [-0.4, -0.2) is 26.8 Å². The Hall–Kier alpha value is -2.05. The number of halogens is 1. The molecule has 128 valence electrons. The first kappa shape index (κ1) is 18.3. The van der Waals surface area contributed by atoms with Crippen molar-refractivity contribution in [1.29, 1.82) is 0 Å². The van der Waals surface area contributed by atoms with Crippen LogP contribution in [-0.2, 0) is 14.8 Å². The van der Waals surface area contributed by atoms with E-state index in [9.17, 15) is 13.2 Å². The van der Waals surface area contributed by atoms with E-state index in [4.69, 9.17) is 16.3 Å². The molecule has 7 heteroatoms. The number of ether oxygens (including phenoxy) is 1. The van der Waals surface area contributed by atoms with Crippen LogP contribution in [0.2, 0.25) is 0 Å². The van der Waals surface area contributed by atoms with Gasteiger partial charge in [0.25, 0.3) is 10.0 Å². The highest BCUT2D eigenvalue weighted by Crippen LogP contribution is 2.26. The van der Waals surface area contributed by atoms with E-state index >= 15 is 0 Å². The van der Waals surface area contributed by atoms with Gasteiger partial charge in [0.15, 0.2) is 0 Å². The van der Waals surface area contributed by atoms with E-state index in [1.165, 1.54) is 12.1 Å². The van der Waals surface area contributed by atoms with Crippen molar-refractivity contribution < 1.29 is 17.9 Å².